The fourth-order valence-electron chi connectivity index (χ4n) is 1.81. The van der Waals surface area contributed by atoms with E-state index in [0.717, 1.165) is 6.42 Å². The average molecular weight is 276 g/mol. The summed E-state index contributed by atoms with van der Waals surface area (Å²) in [5.41, 5.74) is -1.09. The molecule has 104 valence electrons. The largest absolute Gasteiger partial charge is 0.480 e. The lowest BCUT2D eigenvalue weighted by Gasteiger charge is -2.38. The van der Waals surface area contributed by atoms with Crippen molar-refractivity contribution < 1.29 is 18.9 Å². The normalized spacial score (nSPS) is 20.3. The van der Waals surface area contributed by atoms with Gasteiger partial charge in [0.05, 0.1) is 0 Å². The highest BCUT2D eigenvalue weighted by atomic mass is 32.2. The molecule has 7 heteroatoms. The van der Waals surface area contributed by atoms with Gasteiger partial charge in [-0.3, -0.25) is 4.21 Å². The molecular weight excluding hydrogens is 256 g/mol. The molecule has 0 aromatic heterocycles. The van der Waals surface area contributed by atoms with Gasteiger partial charge in [0.2, 0.25) is 0 Å². The minimum Gasteiger partial charge on any atom is -0.480 e. The zero-order valence-corrected chi connectivity index (χ0v) is 11.5. The molecule has 6 nitrogen and oxygen atoms in total. The van der Waals surface area contributed by atoms with Crippen molar-refractivity contribution in [2.45, 2.75) is 44.2 Å². The maximum absolute atomic E-state index is 11.6. The molecule has 1 fully saturated rings. The van der Waals surface area contributed by atoms with E-state index in [1.165, 1.54) is 0 Å². The molecule has 0 aliphatic heterocycles. The third-order valence-corrected chi connectivity index (χ3v) is 4.00. The Labute approximate surface area is 109 Å². The van der Waals surface area contributed by atoms with Crippen LogP contribution < -0.4 is 10.6 Å². The first kappa shape index (κ1) is 14.9. The number of hydrogen-bond acceptors (Lipinski definition) is 3. The SMILES string of the molecule is CC(CCS(C)=O)NC(=O)NC1(C(=O)O)CCC1. The van der Waals surface area contributed by atoms with Crippen LogP contribution in [0.5, 0.6) is 0 Å². The molecule has 1 saturated carbocycles. The number of urea groups is 1. The smallest absolute Gasteiger partial charge is 0.329 e. The molecule has 2 unspecified atom stereocenters. The van der Waals surface area contributed by atoms with E-state index in [1.807, 2.05) is 0 Å². The van der Waals surface area contributed by atoms with Crippen molar-refractivity contribution in [2.75, 3.05) is 12.0 Å². The van der Waals surface area contributed by atoms with Crippen LogP contribution in [-0.4, -0.2) is 44.9 Å². The molecule has 1 aliphatic carbocycles. The van der Waals surface area contributed by atoms with Crippen molar-refractivity contribution >= 4 is 22.8 Å². The zero-order chi connectivity index (χ0) is 13.8. The molecule has 0 aromatic rings. The Bertz CT molecular complexity index is 355. The summed E-state index contributed by atoms with van der Waals surface area (Å²) in [5.74, 6) is -0.461. The number of rotatable bonds is 6. The number of carbonyl (C=O) groups is 2. The van der Waals surface area contributed by atoms with Crippen molar-refractivity contribution in [3.05, 3.63) is 0 Å². The van der Waals surface area contributed by atoms with Gasteiger partial charge in [-0.1, -0.05) is 0 Å². The van der Waals surface area contributed by atoms with Crippen molar-refractivity contribution in [1.29, 1.82) is 0 Å². The fraction of sp³-hybridized carbons (Fsp3) is 0.818. The number of nitrogens with one attached hydrogen (secondary N) is 2. The van der Waals surface area contributed by atoms with Gasteiger partial charge in [-0.15, -0.1) is 0 Å². The van der Waals surface area contributed by atoms with Crippen molar-refractivity contribution in [3.8, 4) is 0 Å². The van der Waals surface area contributed by atoms with E-state index in [0.29, 0.717) is 25.0 Å². The van der Waals surface area contributed by atoms with Gasteiger partial charge >= 0.3 is 12.0 Å². The van der Waals surface area contributed by atoms with Gasteiger partial charge in [0.15, 0.2) is 0 Å². The highest BCUT2D eigenvalue weighted by Gasteiger charge is 2.45. The first-order chi connectivity index (χ1) is 8.35. The second-order valence-corrected chi connectivity index (χ2v) is 6.36. The van der Waals surface area contributed by atoms with Crippen LogP contribution in [0.4, 0.5) is 4.79 Å². The number of carboxylic acid groups (broad SMARTS) is 1. The van der Waals surface area contributed by atoms with E-state index >= 15 is 0 Å². The predicted molar refractivity (Wildman–Crippen MR) is 68.9 cm³/mol. The van der Waals surface area contributed by atoms with Crippen molar-refractivity contribution in [1.82, 2.24) is 10.6 Å². The van der Waals surface area contributed by atoms with E-state index < -0.39 is 28.3 Å². The molecule has 0 spiro atoms. The topological polar surface area (TPSA) is 95.5 Å². The third-order valence-electron chi connectivity index (χ3n) is 3.19. The maximum atomic E-state index is 11.6. The van der Waals surface area contributed by atoms with Crippen LogP contribution in [0.15, 0.2) is 0 Å². The van der Waals surface area contributed by atoms with E-state index in [9.17, 15) is 13.8 Å². The van der Waals surface area contributed by atoms with Crippen LogP contribution in [0.25, 0.3) is 0 Å². The summed E-state index contributed by atoms with van der Waals surface area (Å²) >= 11 is 0. The summed E-state index contributed by atoms with van der Waals surface area (Å²) in [6, 6.07) is -0.591. The van der Waals surface area contributed by atoms with E-state index in [4.69, 9.17) is 5.11 Å². The summed E-state index contributed by atoms with van der Waals surface area (Å²) in [4.78, 5) is 22.7. The molecule has 1 rings (SSSR count). The minimum absolute atomic E-state index is 0.125. The summed E-state index contributed by atoms with van der Waals surface area (Å²) < 4.78 is 10.9. The van der Waals surface area contributed by atoms with Crippen LogP contribution in [0, 0.1) is 0 Å². The second kappa shape index (κ2) is 6.17. The molecule has 0 aromatic carbocycles. The maximum Gasteiger partial charge on any atom is 0.329 e. The molecule has 2 atom stereocenters. The molecule has 0 bridgehead atoms. The first-order valence-electron chi connectivity index (χ1n) is 5.98. The van der Waals surface area contributed by atoms with Crippen molar-refractivity contribution in [2.24, 2.45) is 0 Å². The molecule has 0 heterocycles. The fourth-order valence-corrected chi connectivity index (χ4v) is 2.50. The standard InChI is InChI=1S/C11H20N2O4S/c1-8(4-7-18(2)17)12-10(16)13-11(9(14)15)5-3-6-11/h8H,3-7H2,1-2H3,(H,14,15)(H2,12,13,16). The van der Waals surface area contributed by atoms with Gasteiger partial charge in [0, 0.05) is 28.9 Å². The van der Waals surface area contributed by atoms with Crippen LogP contribution in [0.2, 0.25) is 0 Å². The Balaban J connectivity index is 2.37. The minimum atomic E-state index is -1.09. The molecule has 3 N–H and O–H groups in total. The number of aliphatic carboxylic acids is 1. The van der Waals surface area contributed by atoms with Crippen LogP contribution in [-0.2, 0) is 15.6 Å². The Kier molecular flexibility index (Phi) is 5.13. The molecule has 18 heavy (non-hydrogen) atoms. The number of carbonyl (C=O) groups excluding carboxylic acids is 1. The van der Waals surface area contributed by atoms with Gasteiger partial charge in [-0.05, 0) is 32.6 Å². The first-order valence-corrected chi connectivity index (χ1v) is 7.70. The number of amides is 2. The van der Waals surface area contributed by atoms with Gasteiger partial charge in [-0.2, -0.15) is 0 Å². The summed E-state index contributed by atoms with van der Waals surface area (Å²) in [6.45, 7) is 1.81. The van der Waals surface area contributed by atoms with Gasteiger partial charge in [0.1, 0.15) is 5.54 Å². The highest BCUT2D eigenvalue weighted by Crippen LogP contribution is 2.31. The third kappa shape index (κ3) is 3.97. The summed E-state index contributed by atoms with van der Waals surface area (Å²) in [7, 11) is -0.884. The van der Waals surface area contributed by atoms with E-state index in [2.05, 4.69) is 10.6 Å². The average Bonchev–Trinajstić information content (AvgIpc) is 2.20. The van der Waals surface area contributed by atoms with Crippen LogP contribution in [0.3, 0.4) is 0 Å². The monoisotopic (exact) mass is 276 g/mol. The lowest BCUT2D eigenvalue weighted by Crippen LogP contribution is -2.61. The molecule has 0 saturated heterocycles. The molecular formula is C11H20N2O4S. The Morgan fingerprint density at radius 3 is 2.44 bits per heavy atom. The zero-order valence-electron chi connectivity index (χ0n) is 10.7. The van der Waals surface area contributed by atoms with Crippen LogP contribution >= 0.6 is 0 Å². The second-order valence-electron chi connectivity index (χ2n) is 4.81. The lowest BCUT2D eigenvalue weighted by atomic mass is 9.77. The van der Waals surface area contributed by atoms with Gasteiger partial charge in [-0.25, -0.2) is 9.59 Å². The summed E-state index contributed by atoms with van der Waals surface area (Å²) in [6.07, 6.45) is 3.99. The van der Waals surface area contributed by atoms with Gasteiger partial charge < -0.3 is 15.7 Å². The number of carboxylic acids is 1. The van der Waals surface area contributed by atoms with Gasteiger partial charge in [0.25, 0.3) is 0 Å². The molecule has 2 amide bonds. The molecule has 0 radical (unpaired) electrons. The molecule has 1 aliphatic rings. The lowest BCUT2D eigenvalue weighted by molar-refractivity contribution is -0.148. The van der Waals surface area contributed by atoms with Crippen molar-refractivity contribution in [3.63, 3.8) is 0 Å². The summed E-state index contributed by atoms with van der Waals surface area (Å²) in [5, 5.41) is 14.2. The van der Waals surface area contributed by atoms with Crippen LogP contribution in [0.1, 0.15) is 32.6 Å². The number of hydrogen-bond donors (Lipinski definition) is 3. The predicted octanol–water partition coefficient (Wildman–Crippen LogP) is 0.450. The Hall–Kier alpha value is -1.11. The van der Waals surface area contributed by atoms with E-state index in [-0.39, 0.29) is 6.04 Å². The quantitative estimate of drug-likeness (QED) is 0.656. The van der Waals surface area contributed by atoms with E-state index in [1.54, 1.807) is 13.2 Å². The Morgan fingerprint density at radius 2 is 2.06 bits per heavy atom. The Morgan fingerprint density at radius 1 is 1.44 bits per heavy atom. The highest BCUT2D eigenvalue weighted by molar-refractivity contribution is 7.84.